The van der Waals surface area contributed by atoms with Crippen molar-refractivity contribution in [3.8, 4) is 11.1 Å². The highest BCUT2D eigenvalue weighted by molar-refractivity contribution is 5.82. The lowest BCUT2D eigenvalue weighted by atomic mass is 9.65. The van der Waals surface area contributed by atoms with Gasteiger partial charge < -0.3 is 9.84 Å². The number of alkyl halides is 1. The number of halogens is 1. The van der Waals surface area contributed by atoms with Crippen molar-refractivity contribution in [3.05, 3.63) is 60.2 Å². The van der Waals surface area contributed by atoms with Crippen LogP contribution in [0.2, 0.25) is 0 Å². The Morgan fingerprint density at radius 1 is 0.897 bits per heavy atom. The Kier molecular flexibility index (Phi) is 13.5. The van der Waals surface area contributed by atoms with E-state index in [-0.39, 0.29) is 18.4 Å². The second-order valence-corrected chi connectivity index (χ2v) is 11.7. The van der Waals surface area contributed by atoms with Crippen LogP contribution in [-0.4, -0.2) is 30.0 Å². The molecule has 0 amide bonds. The fraction of sp³-hybridized carbons (Fsp3) is 0.629. The van der Waals surface area contributed by atoms with E-state index in [1.165, 1.54) is 44.9 Å². The first-order valence-corrected chi connectivity index (χ1v) is 15.6. The van der Waals surface area contributed by atoms with Gasteiger partial charge in [-0.1, -0.05) is 120 Å². The van der Waals surface area contributed by atoms with Crippen molar-refractivity contribution >= 4 is 5.97 Å². The van der Waals surface area contributed by atoms with E-state index < -0.39 is 17.6 Å². The van der Waals surface area contributed by atoms with Gasteiger partial charge in [-0.15, -0.1) is 0 Å². The minimum atomic E-state index is -1.14. The number of ether oxygens (including phenoxy) is 1. The first-order valence-electron chi connectivity index (χ1n) is 15.6. The van der Waals surface area contributed by atoms with Gasteiger partial charge in [-0.25, -0.2) is 4.39 Å². The Balaban J connectivity index is 1.52. The zero-order valence-corrected chi connectivity index (χ0v) is 24.4. The van der Waals surface area contributed by atoms with Gasteiger partial charge in [0.15, 0.2) is 0 Å². The molecular formula is C35H51FO3. The van der Waals surface area contributed by atoms with Crippen molar-refractivity contribution in [1.82, 2.24) is 0 Å². The van der Waals surface area contributed by atoms with Crippen molar-refractivity contribution in [3.63, 3.8) is 0 Å². The maximum absolute atomic E-state index is 15.6. The lowest BCUT2D eigenvalue weighted by Crippen LogP contribution is -2.44. The zero-order valence-electron chi connectivity index (χ0n) is 24.4. The van der Waals surface area contributed by atoms with Crippen LogP contribution < -0.4 is 0 Å². The quantitative estimate of drug-likeness (QED) is 0.192. The second-order valence-electron chi connectivity index (χ2n) is 11.7. The third-order valence-electron chi connectivity index (χ3n) is 8.78. The number of benzene rings is 2. The monoisotopic (exact) mass is 538 g/mol. The molecule has 39 heavy (non-hydrogen) atoms. The highest BCUT2D eigenvalue weighted by Crippen LogP contribution is 2.45. The molecule has 1 N–H and O–H groups in total. The molecule has 1 saturated carbocycles. The molecule has 216 valence electrons. The first-order chi connectivity index (χ1) is 19.0. The van der Waals surface area contributed by atoms with Crippen molar-refractivity contribution in [2.75, 3.05) is 6.61 Å². The number of carboxylic acid groups (broad SMARTS) is 1. The highest BCUT2D eigenvalue weighted by Gasteiger charge is 2.47. The molecule has 3 rings (SSSR count). The Hall–Kier alpha value is -2.20. The number of hydrogen-bond acceptors (Lipinski definition) is 2. The van der Waals surface area contributed by atoms with Crippen LogP contribution in [0.15, 0.2) is 54.6 Å². The number of unbranched alkanes of at least 4 members (excludes halogenated alkanes) is 6. The number of rotatable bonds is 18. The summed E-state index contributed by atoms with van der Waals surface area (Å²) in [7, 11) is 0. The summed E-state index contributed by atoms with van der Waals surface area (Å²) < 4.78 is 21.8. The normalized spacial score (nSPS) is 22.0. The van der Waals surface area contributed by atoms with Gasteiger partial charge in [0.2, 0.25) is 0 Å². The van der Waals surface area contributed by atoms with Crippen LogP contribution in [-0.2, 0) is 14.9 Å². The molecule has 1 aliphatic carbocycles. The van der Waals surface area contributed by atoms with Gasteiger partial charge in [-0.2, -0.15) is 0 Å². The van der Waals surface area contributed by atoms with Gasteiger partial charge in [0.1, 0.15) is 6.17 Å². The van der Waals surface area contributed by atoms with E-state index in [0.29, 0.717) is 12.8 Å². The molecular weight excluding hydrogens is 487 g/mol. The third-order valence-corrected chi connectivity index (χ3v) is 8.78. The van der Waals surface area contributed by atoms with E-state index >= 15 is 4.39 Å². The molecule has 2 aromatic rings. The molecule has 1 aliphatic rings. The lowest BCUT2D eigenvalue weighted by Gasteiger charge is -2.39. The SMILES string of the molecule is CCCCCCCOC(CCCCC)CCC[C@@H]1CC[C@](C(=O)O)(c2ccc(-c3ccccc3)cc2)CC1F. The molecule has 4 atom stereocenters. The molecule has 0 aromatic heterocycles. The molecule has 1 fully saturated rings. The fourth-order valence-electron chi connectivity index (χ4n) is 6.23. The number of carboxylic acids is 1. The second kappa shape index (κ2) is 16.8. The number of aliphatic carboxylic acids is 1. The molecule has 4 heteroatoms. The predicted octanol–water partition coefficient (Wildman–Crippen LogP) is 9.92. The summed E-state index contributed by atoms with van der Waals surface area (Å²) in [4.78, 5) is 12.5. The molecule has 0 spiro atoms. The van der Waals surface area contributed by atoms with Crippen molar-refractivity contribution in [2.24, 2.45) is 5.92 Å². The Bertz CT molecular complexity index is 944. The van der Waals surface area contributed by atoms with Gasteiger partial charge in [0, 0.05) is 6.61 Å². The van der Waals surface area contributed by atoms with E-state index in [2.05, 4.69) is 13.8 Å². The molecule has 0 heterocycles. The molecule has 2 unspecified atom stereocenters. The summed E-state index contributed by atoms with van der Waals surface area (Å²) >= 11 is 0. The summed E-state index contributed by atoms with van der Waals surface area (Å²) in [5, 5.41) is 10.3. The Labute approximate surface area is 236 Å². The van der Waals surface area contributed by atoms with Crippen LogP contribution in [0.1, 0.15) is 116 Å². The van der Waals surface area contributed by atoms with E-state index in [1.54, 1.807) is 0 Å². The van der Waals surface area contributed by atoms with Crippen LogP contribution >= 0.6 is 0 Å². The minimum absolute atomic E-state index is 0.0614. The average molecular weight is 539 g/mol. The Morgan fingerprint density at radius 2 is 1.54 bits per heavy atom. The summed E-state index contributed by atoms with van der Waals surface area (Å²) in [6.07, 6.45) is 14.0. The lowest BCUT2D eigenvalue weighted by molar-refractivity contribution is -0.147. The van der Waals surface area contributed by atoms with Crippen molar-refractivity contribution < 1.29 is 19.0 Å². The summed E-state index contributed by atoms with van der Waals surface area (Å²) in [6.45, 7) is 5.29. The van der Waals surface area contributed by atoms with Gasteiger partial charge in [0.05, 0.1) is 11.5 Å². The van der Waals surface area contributed by atoms with Crippen LogP contribution in [0, 0.1) is 5.92 Å². The summed E-state index contributed by atoms with van der Waals surface area (Å²) in [6, 6.07) is 17.8. The molecule has 2 aromatic carbocycles. The summed E-state index contributed by atoms with van der Waals surface area (Å²) in [5.74, 6) is -0.967. The maximum atomic E-state index is 15.6. The third kappa shape index (κ3) is 9.45. The molecule has 0 bridgehead atoms. The Morgan fingerprint density at radius 3 is 2.21 bits per heavy atom. The first kappa shape index (κ1) is 31.3. The van der Waals surface area contributed by atoms with E-state index in [4.69, 9.17) is 4.74 Å². The molecule has 3 nitrogen and oxygen atoms in total. The van der Waals surface area contributed by atoms with Crippen LogP contribution in [0.25, 0.3) is 11.1 Å². The number of carbonyl (C=O) groups is 1. The van der Waals surface area contributed by atoms with Crippen LogP contribution in [0.3, 0.4) is 0 Å². The van der Waals surface area contributed by atoms with Crippen molar-refractivity contribution in [1.29, 1.82) is 0 Å². The zero-order chi connectivity index (χ0) is 27.9. The predicted molar refractivity (Wildman–Crippen MR) is 160 cm³/mol. The minimum Gasteiger partial charge on any atom is -0.481 e. The van der Waals surface area contributed by atoms with Gasteiger partial charge >= 0.3 is 5.97 Å². The van der Waals surface area contributed by atoms with E-state index in [0.717, 1.165) is 55.4 Å². The standard InChI is InChI=1S/C35H51FO3/c1-3-5-7-8-13-26-39-32(18-10-6-4-2)19-14-17-30-24-25-35(34(37)38,27-33(30)36)31-22-20-29(21-23-31)28-15-11-9-12-16-28/h9,11-12,15-16,20-23,30,32-33H,3-8,10,13-14,17-19,24-27H2,1-2H3,(H,37,38)/t30-,32?,33?,35-/m1/s1. The molecule has 0 radical (unpaired) electrons. The highest BCUT2D eigenvalue weighted by atomic mass is 19.1. The maximum Gasteiger partial charge on any atom is 0.314 e. The van der Waals surface area contributed by atoms with E-state index in [1.807, 2.05) is 54.6 Å². The van der Waals surface area contributed by atoms with Gasteiger partial charge in [-0.05, 0) is 67.6 Å². The van der Waals surface area contributed by atoms with Crippen molar-refractivity contribution in [2.45, 2.75) is 128 Å². The fourth-order valence-corrected chi connectivity index (χ4v) is 6.23. The van der Waals surface area contributed by atoms with Crippen LogP contribution in [0.5, 0.6) is 0 Å². The van der Waals surface area contributed by atoms with Crippen LogP contribution in [0.4, 0.5) is 4.39 Å². The average Bonchev–Trinajstić information content (AvgIpc) is 2.96. The molecule has 0 saturated heterocycles. The number of hydrogen-bond donors (Lipinski definition) is 1. The smallest absolute Gasteiger partial charge is 0.314 e. The largest absolute Gasteiger partial charge is 0.481 e. The molecule has 0 aliphatic heterocycles. The summed E-state index contributed by atoms with van der Waals surface area (Å²) in [5.41, 5.74) is 1.71. The van der Waals surface area contributed by atoms with Gasteiger partial charge in [0.25, 0.3) is 0 Å². The van der Waals surface area contributed by atoms with E-state index in [9.17, 15) is 9.90 Å². The van der Waals surface area contributed by atoms with Gasteiger partial charge in [-0.3, -0.25) is 4.79 Å². The topological polar surface area (TPSA) is 46.5 Å².